The fourth-order valence-corrected chi connectivity index (χ4v) is 3.57. The van der Waals surface area contributed by atoms with Crippen molar-refractivity contribution in [1.82, 2.24) is 15.6 Å². The minimum atomic E-state index is -0.323. The summed E-state index contributed by atoms with van der Waals surface area (Å²) >= 11 is 1.61. The molecule has 5 nitrogen and oxygen atoms in total. The number of aryl methyl sites for hydroxylation is 1. The van der Waals surface area contributed by atoms with Crippen molar-refractivity contribution in [3.63, 3.8) is 0 Å². The molecular weight excluding hydrogens is 322 g/mol. The van der Waals surface area contributed by atoms with Gasteiger partial charge in [-0.15, -0.1) is 11.3 Å². The predicted octanol–water partition coefficient (Wildman–Crippen LogP) is 2.40. The fourth-order valence-electron chi connectivity index (χ4n) is 2.68. The summed E-state index contributed by atoms with van der Waals surface area (Å²) in [5, 5.41) is 9.23. The lowest BCUT2D eigenvalue weighted by Crippen LogP contribution is -2.45. The Bertz CT molecular complexity index is 702. The maximum absolute atomic E-state index is 12.1. The second-order valence-corrected chi connectivity index (χ2v) is 7.49. The molecule has 1 aliphatic rings. The molecule has 1 aromatic heterocycles. The van der Waals surface area contributed by atoms with E-state index < -0.39 is 0 Å². The molecule has 3 rings (SSSR count). The molecule has 1 aromatic carbocycles. The van der Waals surface area contributed by atoms with Crippen molar-refractivity contribution in [2.45, 2.75) is 38.8 Å². The Labute approximate surface area is 146 Å². The van der Waals surface area contributed by atoms with Gasteiger partial charge in [-0.1, -0.05) is 18.2 Å². The van der Waals surface area contributed by atoms with E-state index in [-0.39, 0.29) is 24.1 Å². The van der Waals surface area contributed by atoms with Crippen LogP contribution in [0.2, 0.25) is 0 Å². The minimum absolute atomic E-state index is 0.0148. The van der Waals surface area contributed by atoms with Crippen molar-refractivity contribution in [1.29, 1.82) is 0 Å². The number of fused-ring (bicyclic) bond motifs is 1. The number of nitrogens with zero attached hydrogens (tertiary/aromatic N) is 1. The third-order valence-electron chi connectivity index (χ3n) is 4.09. The van der Waals surface area contributed by atoms with Crippen LogP contribution < -0.4 is 15.4 Å². The van der Waals surface area contributed by atoms with Crippen LogP contribution in [0.5, 0.6) is 5.75 Å². The number of aromatic nitrogens is 1. The summed E-state index contributed by atoms with van der Waals surface area (Å²) in [5.74, 6) is 0.894. The van der Waals surface area contributed by atoms with Crippen LogP contribution in [0.25, 0.3) is 0 Å². The number of amides is 1. The first-order chi connectivity index (χ1) is 11.4. The van der Waals surface area contributed by atoms with Gasteiger partial charge in [0.25, 0.3) is 0 Å². The average Bonchev–Trinajstić information content (AvgIpc) is 3.17. The van der Waals surface area contributed by atoms with E-state index in [1.165, 1.54) is 5.56 Å². The van der Waals surface area contributed by atoms with E-state index in [9.17, 15) is 4.79 Å². The maximum Gasteiger partial charge on any atom is 0.234 e. The molecule has 1 atom stereocenters. The number of carbonyl (C=O) groups is 1. The number of benzene rings is 1. The number of thiazole rings is 1. The van der Waals surface area contributed by atoms with Crippen molar-refractivity contribution in [2.75, 3.05) is 13.1 Å². The van der Waals surface area contributed by atoms with Crippen LogP contribution in [0.3, 0.4) is 0 Å². The molecule has 2 heterocycles. The summed E-state index contributed by atoms with van der Waals surface area (Å²) in [6.45, 7) is 6.82. The Kier molecular flexibility index (Phi) is 4.87. The zero-order valence-corrected chi connectivity index (χ0v) is 15.1. The lowest BCUT2D eigenvalue weighted by Gasteiger charge is -2.23. The zero-order chi connectivity index (χ0) is 17.2. The van der Waals surface area contributed by atoms with Gasteiger partial charge in [-0.3, -0.25) is 10.1 Å². The maximum atomic E-state index is 12.1. The topological polar surface area (TPSA) is 63.2 Å². The molecule has 0 bridgehead atoms. The van der Waals surface area contributed by atoms with Gasteiger partial charge in [-0.05, 0) is 32.4 Å². The predicted molar refractivity (Wildman–Crippen MR) is 95.5 cm³/mol. The fraction of sp³-hybridized carbons (Fsp3) is 0.444. The van der Waals surface area contributed by atoms with E-state index in [0.717, 1.165) is 22.9 Å². The van der Waals surface area contributed by atoms with Gasteiger partial charge in [-0.25, -0.2) is 4.98 Å². The van der Waals surface area contributed by atoms with E-state index in [1.807, 2.05) is 44.4 Å². The van der Waals surface area contributed by atoms with Crippen LogP contribution in [0.15, 0.2) is 29.6 Å². The third kappa shape index (κ3) is 3.94. The summed E-state index contributed by atoms with van der Waals surface area (Å²) in [6, 6.07) is 8.01. The van der Waals surface area contributed by atoms with Gasteiger partial charge in [-0.2, -0.15) is 0 Å². The highest BCUT2D eigenvalue weighted by atomic mass is 32.1. The van der Waals surface area contributed by atoms with Gasteiger partial charge in [0.05, 0.1) is 18.6 Å². The van der Waals surface area contributed by atoms with Crippen LogP contribution in [-0.4, -0.2) is 30.1 Å². The van der Waals surface area contributed by atoms with Crippen LogP contribution in [0.1, 0.15) is 30.1 Å². The van der Waals surface area contributed by atoms with Gasteiger partial charge in [0, 0.05) is 17.5 Å². The summed E-state index contributed by atoms with van der Waals surface area (Å²) in [4.78, 5) is 16.6. The molecule has 6 heteroatoms. The number of nitrogens with one attached hydrogen (secondary N) is 2. The molecule has 2 aromatic rings. The van der Waals surface area contributed by atoms with Gasteiger partial charge in [0.2, 0.25) is 5.91 Å². The third-order valence-corrected chi connectivity index (χ3v) is 5.37. The number of hydrogen-bond acceptors (Lipinski definition) is 5. The molecule has 0 saturated heterocycles. The molecule has 1 aliphatic heterocycles. The number of rotatable bonds is 6. The Balaban J connectivity index is 1.44. The molecule has 0 unspecified atom stereocenters. The van der Waals surface area contributed by atoms with Gasteiger partial charge in [0.1, 0.15) is 16.9 Å². The summed E-state index contributed by atoms with van der Waals surface area (Å²) in [5.41, 5.74) is 1.89. The molecule has 24 heavy (non-hydrogen) atoms. The van der Waals surface area contributed by atoms with Crippen molar-refractivity contribution < 1.29 is 9.53 Å². The first-order valence-corrected chi connectivity index (χ1v) is 9.01. The molecule has 0 fully saturated rings. The second-order valence-electron chi connectivity index (χ2n) is 6.63. The minimum Gasteiger partial charge on any atom is -0.488 e. The number of ether oxygens (including phenoxy) is 1. The number of carbonyl (C=O) groups excluding carboxylic acids is 1. The average molecular weight is 345 g/mol. The van der Waals surface area contributed by atoms with Gasteiger partial charge in [0.15, 0.2) is 0 Å². The highest BCUT2D eigenvalue weighted by molar-refractivity contribution is 7.09. The van der Waals surface area contributed by atoms with E-state index in [2.05, 4.69) is 21.7 Å². The SMILES string of the molecule is Cc1csc(C(C)(C)NCC(=O)NC[C@H]2Cc3ccccc3O2)n1. The van der Waals surface area contributed by atoms with Crippen molar-refractivity contribution in [3.8, 4) is 5.75 Å². The summed E-state index contributed by atoms with van der Waals surface area (Å²) in [6.07, 6.45) is 0.856. The molecule has 0 saturated carbocycles. The van der Waals surface area contributed by atoms with Crippen LogP contribution in [0, 0.1) is 6.92 Å². The number of hydrogen-bond donors (Lipinski definition) is 2. The first kappa shape index (κ1) is 16.9. The van der Waals surface area contributed by atoms with E-state index in [4.69, 9.17) is 4.74 Å². The van der Waals surface area contributed by atoms with Crippen LogP contribution >= 0.6 is 11.3 Å². The molecule has 0 aliphatic carbocycles. The highest BCUT2D eigenvalue weighted by Gasteiger charge is 2.25. The molecule has 1 amide bonds. The van der Waals surface area contributed by atoms with Crippen molar-refractivity contribution in [3.05, 3.63) is 45.9 Å². The smallest absolute Gasteiger partial charge is 0.234 e. The van der Waals surface area contributed by atoms with E-state index >= 15 is 0 Å². The Morgan fingerprint density at radius 3 is 2.92 bits per heavy atom. The molecular formula is C18H23N3O2S. The summed E-state index contributed by atoms with van der Waals surface area (Å²) < 4.78 is 5.83. The van der Waals surface area contributed by atoms with E-state index in [0.29, 0.717) is 6.54 Å². The van der Waals surface area contributed by atoms with Crippen molar-refractivity contribution >= 4 is 17.2 Å². The molecule has 128 valence electrons. The Hall–Kier alpha value is -1.92. The number of para-hydroxylation sites is 1. The largest absolute Gasteiger partial charge is 0.488 e. The van der Waals surface area contributed by atoms with Gasteiger partial charge < -0.3 is 10.1 Å². The molecule has 0 radical (unpaired) electrons. The van der Waals surface area contributed by atoms with Crippen LogP contribution in [-0.2, 0) is 16.8 Å². The Morgan fingerprint density at radius 2 is 2.21 bits per heavy atom. The monoisotopic (exact) mass is 345 g/mol. The quantitative estimate of drug-likeness (QED) is 0.844. The highest BCUT2D eigenvalue weighted by Crippen LogP contribution is 2.27. The van der Waals surface area contributed by atoms with Crippen LogP contribution in [0.4, 0.5) is 0 Å². The van der Waals surface area contributed by atoms with Crippen molar-refractivity contribution in [2.24, 2.45) is 0 Å². The summed E-state index contributed by atoms with van der Waals surface area (Å²) in [7, 11) is 0. The standard InChI is InChI=1S/C18H23N3O2S/c1-12-11-24-17(21-12)18(2,3)20-10-16(22)19-9-14-8-13-6-4-5-7-15(13)23-14/h4-7,11,14,20H,8-10H2,1-3H3,(H,19,22)/t14-/m1/s1. The normalized spacial score (nSPS) is 16.5. The van der Waals surface area contributed by atoms with E-state index in [1.54, 1.807) is 11.3 Å². The lowest BCUT2D eigenvalue weighted by molar-refractivity contribution is -0.120. The second kappa shape index (κ2) is 6.91. The van der Waals surface area contributed by atoms with Gasteiger partial charge >= 0.3 is 0 Å². The first-order valence-electron chi connectivity index (χ1n) is 8.13. The Morgan fingerprint density at radius 1 is 1.42 bits per heavy atom. The zero-order valence-electron chi connectivity index (χ0n) is 14.3. The lowest BCUT2D eigenvalue weighted by atomic mass is 10.1. The molecule has 2 N–H and O–H groups in total. The molecule has 0 spiro atoms.